The van der Waals surface area contributed by atoms with Crippen molar-refractivity contribution in [3.05, 3.63) is 148 Å². The van der Waals surface area contributed by atoms with Crippen LogP contribution >= 0.6 is 22.6 Å². The van der Waals surface area contributed by atoms with Gasteiger partial charge in [0.15, 0.2) is 0 Å². The maximum atomic E-state index is 13.8. The van der Waals surface area contributed by atoms with Gasteiger partial charge in [0.25, 0.3) is 11.8 Å². The predicted molar refractivity (Wildman–Crippen MR) is 265 cm³/mol. The van der Waals surface area contributed by atoms with Crippen molar-refractivity contribution in [3.8, 4) is 17.2 Å². The zero-order valence-electron chi connectivity index (χ0n) is 37.7. The van der Waals surface area contributed by atoms with Crippen molar-refractivity contribution >= 4 is 68.4 Å². The molecule has 0 radical (unpaired) electrons. The summed E-state index contributed by atoms with van der Waals surface area (Å²) in [5.41, 5.74) is 11.4. The van der Waals surface area contributed by atoms with Gasteiger partial charge >= 0.3 is 5.97 Å². The molecule has 0 bridgehead atoms. The van der Waals surface area contributed by atoms with E-state index in [0.717, 1.165) is 114 Å². The Kier molecular flexibility index (Phi) is 11.1. The molecule has 0 fully saturated rings. The van der Waals surface area contributed by atoms with E-state index in [-0.39, 0.29) is 42.5 Å². The number of benzene rings is 5. The summed E-state index contributed by atoms with van der Waals surface area (Å²) in [6.45, 7) is 6.19. The third kappa shape index (κ3) is 7.46. The number of anilines is 1. The first kappa shape index (κ1) is 43.1. The average molecular weight is 1010 g/mol. The number of methoxy groups -OCH3 is 1. The number of carbonyl (C=O) groups is 4. The van der Waals surface area contributed by atoms with Crippen LogP contribution in [0.4, 0.5) is 5.69 Å². The van der Waals surface area contributed by atoms with E-state index >= 15 is 0 Å². The van der Waals surface area contributed by atoms with Gasteiger partial charge in [-0.3, -0.25) is 19.0 Å². The first-order valence-corrected chi connectivity index (χ1v) is 24.5. The number of aromatic nitrogens is 1. The lowest BCUT2D eigenvalue weighted by Crippen LogP contribution is -2.45. The number of amides is 2. The van der Waals surface area contributed by atoms with Gasteiger partial charge in [-0.1, -0.05) is 6.07 Å². The van der Waals surface area contributed by atoms with Crippen LogP contribution in [0.5, 0.6) is 17.2 Å². The van der Waals surface area contributed by atoms with Crippen molar-refractivity contribution in [3.63, 3.8) is 0 Å². The summed E-state index contributed by atoms with van der Waals surface area (Å²) in [6.07, 6.45) is 7.91. The summed E-state index contributed by atoms with van der Waals surface area (Å²) < 4.78 is 17.8. The fraction of sp³-hybridized carbons (Fsp3) is 0.315. The van der Waals surface area contributed by atoms with Gasteiger partial charge in [0, 0.05) is 98.0 Å². The number of carboxylic acids is 1. The highest BCUT2D eigenvalue weighted by Crippen LogP contribution is 2.49. The number of hydrogen-bond donors (Lipinski definition) is 3. The Hall–Kier alpha value is -6.48. The van der Waals surface area contributed by atoms with Gasteiger partial charge in [-0.2, -0.15) is 0 Å². The highest BCUT2D eigenvalue weighted by molar-refractivity contribution is 14.1. The summed E-state index contributed by atoms with van der Waals surface area (Å²) in [5, 5.41) is 19.7. The Morgan fingerprint density at radius 2 is 1.52 bits per heavy atom. The van der Waals surface area contributed by atoms with Gasteiger partial charge < -0.3 is 30.1 Å². The van der Waals surface area contributed by atoms with Crippen LogP contribution in [0.15, 0.2) is 72.8 Å². The third-order valence-electron chi connectivity index (χ3n) is 14.4. The minimum Gasteiger partial charge on any atom is -0.497 e. The average Bonchev–Trinajstić information content (AvgIpc) is 3.61. The lowest BCUT2D eigenvalue weighted by molar-refractivity contribution is -0.120. The number of ether oxygens (including phenoxy) is 2. The zero-order chi connectivity index (χ0) is 46.1. The highest BCUT2D eigenvalue weighted by atomic mass is 127. The molecule has 5 aliphatic rings. The smallest absolute Gasteiger partial charge is 0.336 e. The normalized spacial score (nSPS) is 15.5. The third-order valence-corrected chi connectivity index (χ3v) is 15.1. The summed E-state index contributed by atoms with van der Waals surface area (Å²) >= 11 is 2.20. The molecule has 67 heavy (non-hydrogen) atoms. The molecule has 6 aromatic rings. The van der Waals surface area contributed by atoms with Crippen molar-refractivity contribution in [2.24, 2.45) is 0 Å². The molecule has 0 unspecified atom stereocenters. The second kappa shape index (κ2) is 17.3. The van der Waals surface area contributed by atoms with E-state index in [1.54, 1.807) is 42.0 Å². The minimum absolute atomic E-state index is 0.00108. The molecule has 3 N–H and O–H groups in total. The van der Waals surface area contributed by atoms with Crippen LogP contribution in [0, 0.1) is 10.5 Å². The summed E-state index contributed by atoms with van der Waals surface area (Å²) in [7, 11) is 1.57. The molecule has 6 heterocycles. The van der Waals surface area contributed by atoms with Crippen molar-refractivity contribution in [2.45, 2.75) is 64.7 Å². The minimum atomic E-state index is -1.12. The molecule has 13 heteroatoms. The number of rotatable bonds is 10. The maximum absolute atomic E-state index is 13.8. The van der Waals surface area contributed by atoms with Crippen LogP contribution < -0.4 is 40.2 Å². The van der Waals surface area contributed by atoms with E-state index in [1.165, 1.54) is 39.4 Å². The molecule has 1 aromatic heterocycles. The van der Waals surface area contributed by atoms with E-state index in [9.17, 15) is 24.3 Å². The fourth-order valence-corrected chi connectivity index (χ4v) is 11.7. The highest BCUT2D eigenvalue weighted by Gasteiger charge is 2.37. The second-order valence-corrected chi connectivity index (χ2v) is 19.5. The van der Waals surface area contributed by atoms with E-state index < -0.39 is 11.9 Å². The monoisotopic (exact) mass is 1010 g/mol. The van der Waals surface area contributed by atoms with Crippen LogP contribution in [-0.4, -0.2) is 79.7 Å². The largest absolute Gasteiger partial charge is 0.497 e. The molecule has 5 aromatic carbocycles. The summed E-state index contributed by atoms with van der Waals surface area (Å²) in [6, 6.07) is 22.3. The van der Waals surface area contributed by atoms with E-state index in [0.29, 0.717) is 33.7 Å². The number of nitrogens with one attached hydrogen (secondary N) is 2. The Labute approximate surface area is 401 Å². The fourth-order valence-electron chi connectivity index (χ4n) is 11.4. The topological polar surface area (TPSA) is 142 Å². The molecule has 12 nitrogen and oxygen atoms in total. The quantitative estimate of drug-likeness (QED) is 0.0805. The SMILES string of the molecule is COc1ccc2c(c1)c(CC(=O)NCCNC(=O)c1ccc(C3=c4cc5c6c(c4Oc4c3cc3c7c4CCCN7CCC3)CCC[N+]=6CCC5)c(C(=O)O)c1)c(C)n2C(=O)c1ccc(I)cc1. The van der Waals surface area contributed by atoms with Gasteiger partial charge in [-0.05, 0) is 151 Å². The molecule has 0 spiro atoms. The molecule has 340 valence electrons. The molecule has 0 aliphatic carbocycles. The van der Waals surface area contributed by atoms with Crippen LogP contribution in [0.3, 0.4) is 0 Å². The van der Waals surface area contributed by atoms with Crippen LogP contribution in [0.2, 0.25) is 0 Å². The van der Waals surface area contributed by atoms with Gasteiger partial charge in [0.2, 0.25) is 11.3 Å². The number of nitrogens with zero attached hydrogens (tertiary/aromatic N) is 3. The Bertz CT molecular complexity index is 3260. The molecule has 5 aliphatic heterocycles. The number of aromatic carboxylic acids is 1. The molecular weight excluding hydrogens is 958 g/mol. The Morgan fingerprint density at radius 1 is 0.791 bits per heavy atom. The molecular formula is C54H51IN5O7+. The number of halogens is 1. The number of hydrogen-bond acceptors (Lipinski definition) is 7. The van der Waals surface area contributed by atoms with E-state index in [4.69, 9.17) is 9.47 Å². The predicted octanol–water partition coefficient (Wildman–Crippen LogP) is 6.47. The second-order valence-electron chi connectivity index (χ2n) is 18.3. The van der Waals surface area contributed by atoms with Crippen molar-refractivity contribution in [2.75, 3.05) is 51.3 Å². The van der Waals surface area contributed by atoms with Gasteiger partial charge in [0.1, 0.15) is 30.3 Å². The van der Waals surface area contributed by atoms with Crippen LogP contribution in [-0.2, 0) is 36.9 Å². The maximum Gasteiger partial charge on any atom is 0.336 e. The standard InChI is InChI=1S/C54H50IN5O7/c1-30-40(41-28-36(66-2)16-18-45(41)60(30)53(63)31-11-14-35(55)15-12-31)29-46(61)56-19-20-57-52(62)34-13-17-37(42(27-34)54(64)65)47-43-25-32-7-3-21-58-23-5-9-38(48(32)58)50(43)67-51-39-10-6-24-59-22-4-8-33(49(39)59)26-44(47)51/h11-18,25-28H,3-10,19-24,29H2,1-2H3,(H2-,56,57,61,62,64,65)/p+1. The molecule has 0 atom stereocenters. The van der Waals surface area contributed by atoms with Crippen LogP contribution in [0.25, 0.3) is 16.5 Å². The number of aryl methyl sites for hydroxylation is 2. The first-order valence-electron chi connectivity index (χ1n) is 23.4. The number of carbonyl (C=O) groups excluding carboxylic acids is 3. The molecule has 0 saturated carbocycles. The van der Waals surface area contributed by atoms with Gasteiger partial charge in [-0.25, -0.2) is 9.37 Å². The van der Waals surface area contributed by atoms with Crippen molar-refractivity contribution in [1.82, 2.24) is 19.8 Å². The first-order chi connectivity index (χ1) is 32.6. The lowest BCUT2D eigenvalue weighted by Gasteiger charge is -2.39. The number of fused-ring (bicyclic) bond motifs is 5. The van der Waals surface area contributed by atoms with E-state index in [2.05, 4.69) is 54.8 Å². The summed E-state index contributed by atoms with van der Waals surface area (Å²) in [4.78, 5) is 56.9. The Balaban J connectivity index is 0.873. The Morgan fingerprint density at radius 3 is 2.31 bits per heavy atom. The van der Waals surface area contributed by atoms with Gasteiger partial charge in [-0.15, -0.1) is 0 Å². The van der Waals surface area contributed by atoms with Gasteiger partial charge in [0.05, 0.1) is 30.2 Å². The lowest BCUT2D eigenvalue weighted by atomic mass is 9.81. The van der Waals surface area contributed by atoms with Crippen molar-refractivity contribution < 1.29 is 33.8 Å². The molecule has 0 saturated heterocycles. The molecule has 2 amide bonds. The summed E-state index contributed by atoms with van der Waals surface area (Å²) in [5.74, 6) is 0.246. The van der Waals surface area contributed by atoms with E-state index in [1.807, 2.05) is 31.2 Å². The van der Waals surface area contributed by atoms with Crippen LogP contribution in [0.1, 0.15) is 101 Å². The van der Waals surface area contributed by atoms with Crippen molar-refractivity contribution in [1.29, 1.82) is 0 Å². The number of carboxylic acid groups (broad SMARTS) is 1. The molecule has 11 rings (SSSR count). The zero-order valence-corrected chi connectivity index (χ0v) is 39.8.